The second-order valence-corrected chi connectivity index (χ2v) is 5.92. The fourth-order valence-electron chi connectivity index (χ4n) is 2.44. The van der Waals surface area contributed by atoms with Gasteiger partial charge in [0.05, 0.1) is 11.3 Å². The average Bonchev–Trinajstić information content (AvgIpc) is 3.17. The zero-order chi connectivity index (χ0) is 17.6. The van der Waals surface area contributed by atoms with E-state index in [-0.39, 0.29) is 5.91 Å². The third-order valence-corrected chi connectivity index (χ3v) is 3.87. The van der Waals surface area contributed by atoms with Crippen molar-refractivity contribution in [2.24, 2.45) is 0 Å². The molecule has 6 heteroatoms. The maximum absolute atomic E-state index is 12.1. The highest BCUT2D eigenvalue weighted by atomic mass is 16.1. The lowest BCUT2D eigenvalue weighted by atomic mass is 10.1. The highest BCUT2D eigenvalue weighted by Gasteiger charge is 2.06. The van der Waals surface area contributed by atoms with Crippen LogP contribution in [0.3, 0.4) is 0 Å². The third-order valence-electron chi connectivity index (χ3n) is 3.87. The molecule has 0 saturated carbocycles. The quantitative estimate of drug-likeness (QED) is 0.751. The van der Waals surface area contributed by atoms with Gasteiger partial charge in [0.15, 0.2) is 0 Å². The van der Waals surface area contributed by atoms with Crippen LogP contribution >= 0.6 is 0 Å². The van der Waals surface area contributed by atoms with Crippen LogP contribution < -0.4 is 10.2 Å². The lowest BCUT2D eigenvalue weighted by Crippen LogP contribution is -2.26. The number of hydrogen-bond acceptors (Lipinski definition) is 4. The van der Waals surface area contributed by atoms with E-state index in [9.17, 15) is 4.79 Å². The molecule has 128 valence electrons. The van der Waals surface area contributed by atoms with Gasteiger partial charge in [0.1, 0.15) is 5.82 Å². The van der Waals surface area contributed by atoms with Crippen LogP contribution in [0.5, 0.6) is 0 Å². The van der Waals surface area contributed by atoms with Crippen molar-refractivity contribution in [3.8, 4) is 5.69 Å². The lowest BCUT2D eigenvalue weighted by molar-refractivity contribution is 0.0954. The first kappa shape index (κ1) is 16.7. The van der Waals surface area contributed by atoms with E-state index >= 15 is 0 Å². The number of pyridine rings is 1. The van der Waals surface area contributed by atoms with Gasteiger partial charge < -0.3 is 10.2 Å². The van der Waals surface area contributed by atoms with E-state index in [4.69, 9.17) is 0 Å². The normalized spacial score (nSPS) is 10.5. The zero-order valence-corrected chi connectivity index (χ0v) is 14.4. The largest absolute Gasteiger partial charge is 0.363 e. The van der Waals surface area contributed by atoms with E-state index in [0.29, 0.717) is 12.1 Å². The molecular formula is C19H21N5O. The summed E-state index contributed by atoms with van der Waals surface area (Å²) in [7, 11) is 3.83. The van der Waals surface area contributed by atoms with E-state index in [1.807, 2.05) is 54.1 Å². The van der Waals surface area contributed by atoms with Crippen molar-refractivity contribution in [3.05, 3.63) is 72.2 Å². The first-order valence-electron chi connectivity index (χ1n) is 8.14. The number of nitrogens with one attached hydrogen (secondary N) is 1. The molecule has 3 aromatic rings. The Bertz CT molecular complexity index is 808. The lowest BCUT2D eigenvalue weighted by Gasteiger charge is -2.11. The van der Waals surface area contributed by atoms with Crippen molar-refractivity contribution >= 4 is 11.7 Å². The summed E-state index contributed by atoms with van der Waals surface area (Å²) in [5.41, 5.74) is 2.75. The molecule has 1 amide bonds. The summed E-state index contributed by atoms with van der Waals surface area (Å²) in [5, 5.41) is 7.13. The number of carbonyl (C=O) groups excluding carboxylic acids is 1. The van der Waals surface area contributed by atoms with Gasteiger partial charge in [-0.1, -0.05) is 12.1 Å². The van der Waals surface area contributed by atoms with E-state index < -0.39 is 0 Å². The van der Waals surface area contributed by atoms with E-state index in [2.05, 4.69) is 27.5 Å². The maximum Gasteiger partial charge on any atom is 0.252 e. The van der Waals surface area contributed by atoms with Crippen LogP contribution in [0.4, 0.5) is 5.82 Å². The molecule has 25 heavy (non-hydrogen) atoms. The van der Waals surface area contributed by atoms with Crippen LogP contribution in [0.15, 0.2) is 61.1 Å². The Morgan fingerprint density at radius 1 is 1.16 bits per heavy atom. The van der Waals surface area contributed by atoms with E-state index in [0.717, 1.165) is 23.5 Å². The number of amides is 1. The minimum absolute atomic E-state index is 0.106. The van der Waals surface area contributed by atoms with Gasteiger partial charge in [-0.15, -0.1) is 0 Å². The van der Waals surface area contributed by atoms with Gasteiger partial charge in [-0.3, -0.25) is 4.79 Å². The molecule has 0 bridgehead atoms. The third kappa shape index (κ3) is 4.23. The SMILES string of the molecule is CN(C)c1ccc(C(=O)NCCc2ccc(-n3cccn3)cc2)cn1. The van der Waals surface area contributed by atoms with Gasteiger partial charge in [-0.05, 0) is 42.3 Å². The van der Waals surface area contributed by atoms with E-state index in [1.54, 1.807) is 18.5 Å². The molecule has 1 N–H and O–H groups in total. The summed E-state index contributed by atoms with van der Waals surface area (Å²) in [4.78, 5) is 18.3. The fourth-order valence-corrected chi connectivity index (χ4v) is 2.44. The van der Waals surface area contributed by atoms with Gasteiger partial charge in [-0.2, -0.15) is 5.10 Å². The van der Waals surface area contributed by atoms with Gasteiger partial charge >= 0.3 is 0 Å². The molecule has 0 aliphatic heterocycles. The van der Waals surface area contributed by atoms with E-state index in [1.165, 1.54) is 0 Å². The predicted molar refractivity (Wildman–Crippen MR) is 98.2 cm³/mol. The van der Waals surface area contributed by atoms with Crippen LogP contribution in [0, 0.1) is 0 Å². The molecule has 2 aromatic heterocycles. The van der Waals surface area contributed by atoms with Crippen molar-refractivity contribution in [3.63, 3.8) is 0 Å². The van der Waals surface area contributed by atoms with Crippen molar-refractivity contribution < 1.29 is 4.79 Å². The van der Waals surface area contributed by atoms with Crippen LogP contribution in [0.2, 0.25) is 0 Å². The number of anilines is 1. The average molecular weight is 335 g/mol. The van der Waals surface area contributed by atoms with Gasteiger partial charge in [0.2, 0.25) is 0 Å². The summed E-state index contributed by atoms with van der Waals surface area (Å²) in [5.74, 6) is 0.722. The van der Waals surface area contributed by atoms with Crippen molar-refractivity contribution in [2.75, 3.05) is 25.5 Å². The van der Waals surface area contributed by atoms with Crippen LogP contribution in [-0.4, -0.2) is 41.3 Å². The second kappa shape index (κ2) is 7.61. The summed E-state index contributed by atoms with van der Waals surface area (Å²) in [6.45, 7) is 0.579. The Morgan fingerprint density at radius 2 is 1.96 bits per heavy atom. The summed E-state index contributed by atoms with van der Waals surface area (Å²) in [6, 6.07) is 13.7. The molecule has 0 saturated heterocycles. The molecular weight excluding hydrogens is 314 g/mol. The minimum Gasteiger partial charge on any atom is -0.363 e. The van der Waals surface area contributed by atoms with Gasteiger partial charge in [0.25, 0.3) is 5.91 Å². The Morgan fingerprint density at radius 3 is 2.56 bits per heavy atom. The Hall–Kier alpha value is -3.15. The molecule has 0 aliphatic rings. The number of rotatable bonds is 6. The Labute approximate surface area is 147 Å². The fraction of sp³-hybridized carbons (Fsp3) is 0.211. The number of aromatic nitrogens is 3. The zero-order valence-electron chi connectivity index (χ0n) is 14.4. The monoisotopic (exact) mass is 335 g/mol. The maximum atomic E-state index is 12.1. The number of nitrogens with zero attached hydrogens (tertiary/aromatic N) is 4. The van der Waals surface area contributed by atoms with Crippen LogP contribution in [0.1, 0.15) is 15.9 Å². The van der Waals surface area contributed by atoms with Crippen molar-refractivity contribution in [2.45, 2.75) is 6.42 Å². The molecule has 0 spiro atoms. The highest BCUT2D eigenvalue weighted by molar-refractivity contribution is 5.94. The number of carbonyl (C=O) groups is 1. The molecule has 2 heterocycles. The van der Waals surface area contributed by atoms with Crippen molar-refractivity contribution in [1.29, 1.82) is 0 Å². The standard InChI is InChI=1S/C19H21N5O/c1-23(2)18-9-6-16(14-21-18)19(25)20-12-10-15-4-7-17(8-5-15)24-13-3-11-22-24/h3-9,11,13-14H,10,12H2,1-2H3,(H,20,25). The molecule has 6 nitrogen and oxygen atoms in total. The number of hydrogen-bond donors (Lipinski definition) is 1. The number of benzene rings is 1. The Balaban J connectivity index is 1.51. The summed E-state index contributed by atoms with van der Waals surface area (Å²) >= 11 is 0. The molecule has 0 fully saturated rings. The smallest absolute Gasteiger partial charge is 0.252 e. The summed E-state index contributed by atoms with van der Waals surface area (Å²) in [6.07, 6.45) is 6.03. The molecule has 0 atom stereocenters. The van der Waals surface area contributed by atoms with Crippen LogP contribution in [-0.2, 0) is 6.42 Å². The molecule has 0 radical (unpaired) electrons. The van der Waals surface area contributed by atoms with Gasteiger partial charge in [0, 0.05) is 39.2 Å². The molecule has 0 aliphatic carbocycles. The topological polar surface area (TPSA) is 63.1 Å². The molecule has 3 rings (SSSR count). The summed E-state index contributed by atoms with van der Waals surface area (Å²) < 4.78 is 1.82. The van der Waals surface area contributed by atoms with Gasteiger partial charge in [-0.25, -0.2) is 9.67 Å². The van der Waals surface area contributed by atoms with Crippen molar-refractivity contribution in [1.82, 2.24) is 20.1 Å². The van der Waals surface area contributed by atoms with Crippen LogP contribution in [0.25, 0.3) is 5.69 Å². The molecule has 0 unspecified atom stereocenters. The first-order chi connectivity index (χ1) is 12.1. The Kier molecular flexibility index (Phi) is 5.09. The predicted octanol–water partition coefficient (Wildman–Crippen LogP) is 2.31. The highest BCUT2D eigenvalue weighted by Crippen LogP contribution is 2.10. The first-order valence-corrected chi connectivity index (χ1v) is 8.14. The minimum atomic E-state index is -0.106. The second-order valence-electron chi connectivity index (χ2n) is 5.92. The molecule has 1 aromatic carbocycles.